The minimum Gasteiger partial charge on any atom is -0.507 e. The van der Waals surface area contributed by atoms with E-state index in [4.69, 9.17) is 0 Å². The van der Waals surface area contributed by atoms with Crippen molar-refractivity contribution in [3.8, 4) is 5.75 Å². The predicted molar refractivity (Wildman–Crippen MR) is 101 cm³/mol. The number of nitrogens with zero attached hydrogens (tertiary/aromatic N) is 2. The minimum atomic E-state index is 0.111. The Kier molecular flexibility index (Phi) is 7.56. The van der Waals surface area contributed by atoms with Gasteiger partial charge in [0.15, 0.2) is 0 Å². The first kappa shape index (κ1) is 20.0. The minimum absolute atomic E-state index is 0.111. The molecule has 0 atom stereocenters. The number of hydrogen-bond donors (Lipinski definition) is 1. The third-order valence-electron chi connectivity index (χ3n) is 4.24. The zero-order chi connectivity index (χ0) is 17.6. The summed E-state index contributed by atoms with van der Waals surface area (Å²) >= 11 is 0. The second-order valence-corrected chi connectivity index (χ2v) is 8.21. The Hall–Kier alpha value is -1.06. The van der Waals surface area contributed by atoms with Crippen LogP contribution in [-0.2, 0) is 18.3 Å². The SMILES string of the molecule is CN(C)CCCc1cc(C(C)(C)C)cc(CCCN(C)C)c1O. The van der Waals surface area contributed by atoms with Gasteiger partial charge in [0.25, 0.3) is 0 Å². The Balaban J connectivity index is 2.98. The van der Waals surface area contributed by atoms with Gasteiger partial charge in [0.1, 0.15) is 5.75 Å². The maximum absolute atomic E-state index is 10.7. The highest BCUT2D eigenvalue weighted by molar-refractivity contribution is 5.46. The Bertz CT molecular complexity index is 452. The van der Waals surface area contributed by atoms with E-state index >= 15 is 0 Å². The molecule has 1 aromatic carbocycles. The second kappa shape index (κ2) is 8.70. The molecule has 23 heavy (non-hydrogen) atoms. The highest BCUT2D eigenvalue weighted by Crippen LogP contribution is 2.32. The van der Waals surface area contributed by atoms with Crippen molar-refractivity contribution in [3.63, 3.8) is 0 Å². The molecule has 0 saturated heterocycles. The first-order valence-electron chi connectivity index (χ1n) is 8.76. The molecular formula is C20H36N2O. The van der Waals surface area contributed by atoms with Crippen LogP contribution in [0.15, 0.2) is 12.1 Å². The van der Waals surface area contributed by atoms with Crippen molar-refractivity contribution in [1.29, 1.82) is 0 Å². The summed E-state index contributed by atoms with van der Waals surface area (Å²) in [5.74, 6) is 0.524. The molecule has 0 spiro atoms. The molecule has 0 radical (unpaired) electrons. The lowest BCUT2D eigenvalue weighted by atomic mass is 9.83. The number of phenols is 1. The molecule has 0 bridgehead atoms. The maximum atomic E-state index is 10.7. The van der Waals surface area contributed by atoms with Crippen LogP contribution < -0.4 is 0 Å². The summed E-state index contributed by atoms with van der Waals surface area (Å²) in [5.41, 5.74) is 3.66. The van der Waals surface area contributed by atoms with Gasteiger partial charge in [-0.05, 0) is 89.1 Å². The van der Waals surface area contributed by atoms with Crippen LogP contribution in [0, 0.1) is 0 Å². The molecule has 1 aromatic rings. The molecule has 132 valence electrons. The van der Waals surface area contributed by atoms with Gasteiger partial charge in [0, 0.05) is 0 Å². The van der Waals surface area contributed by atoms with Gasteiger partial charge in [0.05, 0.1) is 0 Å². The molecule has 3 nitrogen and oxygen atoms in total. The van der Waals surface area contributed by atoms with Gasteiger partial charge in [0.2, 0.25) is 0 Å². The number of hydrogen-bond acceptors (Lipinski definition) is 3. The third kappa shape index (κ3) is 6.92. The van der Waals surface area contributed by atoms with Crippen molar-refractivity contribution >= 4 is 0 Å². The summed E-state index contributed by atoms with van der Waals surface area (Å²) < 4.78 is 0. The van der Waals surface area contributed by atoms with Crippen LogP contribution >= 0.6 is 0 Å². The van der Waals surface area contributed by atoms with Crippen LogP contribution in [0.25, 0.3) is 0 Å². The average molecular weight is 321 g/mol. The smallest absolute Gasteiger partial charge is 0.121 e. The zero-order valence-corrected chi connectivity index (χ0v) is 16.2. The van der Waals surface area contributed by atoms with Crippen LogP contribution in [0.4, 0.5) is 0 Å². The fourth-order valence-corrected chi connectivity index (χ4v) is 2.75. The van der Waals surface area contributed by atoms with E-state index in [0.717, 1.165) is 49.9 Å². The van der Waals surface area contributed by atoms with E-state index in [1.807, 2.05) is 0 Å². The van der Waals surface area contributed by atoms with Gasteiger partial charge >= 0.3 is 0 Å². The molecule has 0 fully saturated rings. The number of rotatable bonds is 8. The van der Waals surface area contributed by atoms with Gasteiger partial charge in [-0.2, -0.15) is 0 Å². The van der Waals surface area contributed by atoms with E-state index in [9.17, 15) is 5.11 Å². The number of benzene rings is 1. The van der Waals surface area contributed by atoms with E-state index in [1.54, 1.807) is 0 Å². The normalized spacial score (nSPS) is 12.4. The summed E-state index contributed by atoms with van der Waals surface area (Å²) in [5, 5.41) is 10.7. The van der Waals surface area contributed by atoms with Gasteiger partial charge in [-0.25, -0.2) is 0 Å². The predicted octanol–water partition coefficient (Wildman–Crippen LogP) is 3.68. The first-order valence-corrected chi connectivity index (χ1v) is 8.76. The van der Waals surface area contributed by atoms with Gasteiger partial charge in [-0.3, -0.25) is 0 Å². The van der Waals surface area contributed by atoms with E-state index in [2.05, 4.69) is 70.9 Å². The molecule has 0 aliphatic carbocycles. The van der Waals surface area contributed by atoms with Gasteiger partial charge < -0.3 is 14.9 Å². The third-order valence-corrected chi connectivity index (χ3v) is 4.24. The molecular weight excluding hydrogens is 284 g/mol. The summed E-state index contributed by atoms with van der Waals surface area (Å²) in [7, 11) is 8.38. The molecule has 0 heterocycles. The topological polar surface area (TPSA) is 26.7 Å². The Morgan fingerprint density at radius 3 is 1.52 bits per heavy atom. The van der Waals surface area contributed by atoms with Crippen LogP contribution in [0.2, 0.25) is 0 Å². The molecule has 0 aliphatic rings. The molecule has 0 aliphatic heterocycles. The van der Waals surface area contributed by atoms with E-state index in [0.29, 0.717) is 5.75 Å². The number of aromatic hydroxyl groups is 1. The number of aryl methyl sites for hydroxylation is 2. The first-order chi connectivity index (χ1) is 10.6. The molecule has 0 aromatic heterocycles. The Morgan fingerprint density at radius 2 is 1.22 bits per heavy atom. The lowest BCUT2D eigenvalue weighted by molar-refractivity contribution is 0.393. The quantitative estimate of drug-likeness (QED) is 0.791. The van der Waals surface area contributed by atoms with Gasteiger partial charge in [-0.15, -0.1) is 0 Å². The van der Waals surface area contributed by atoms with E-state index in [1.165, 1.54) is 5.56 Å². The largest absolute Gasteiger partial charge is 0.507 e. The summed E-state index contributed by atoms with van der Waals surface area (Å²) in [6.07, 6.45) is 4.03. The van der Waals surface area contributed by atoms with Crippen LogP contribution in [0.1, 0.15) is 50.3 Å². The van der Waals surface area contributed by atoms with Crippen molar-refractivity contribution < 1.29 is 5.11 Å². The van der Waals surface area contributed by atoms with Crippen LogP contribution in [0.5, 0.6) is 5.75 Å². The molecule has 1 rings (SSSR count). The zero-order valence-electron chi connectivity index (χ0n) is 16.2. The molecule has 0 amide bonds. The number of phenolic OH excluding ortho intramolecular Hbond substituents is 1. The van der Waals surface area contributed by atoms with Crippen LogP contribution in [0.3, 0.4) is 0 Å². The van der Waals surface area contributed by atoms with E-state index < -0.39 is 0 Å². The van der Waals surface area contributed by atoms with Gasteiger partial charge in [-0.1, -0.05) is 32.9 Å². The average Bonchev–Trinajstić information content (AvgIpc) is 2.40. The lowest BCUT2D eigenvalue weighted by Crippen LogP contribution is -2.16. The summed E-state index contributed by atoms with van der Waals surface area (Å²) in [6.45, 7) is 8.83. The molecule has 1 N–H and O–H groups in total. The molecule has 0 saturated carbocycles. The standard InChI is InChI=1S/C20H36N2O/c1-20(2,3)18-14-16(10-8-12-21(4)5)19(23)17(15-18)11-9-13-22(6)7/h14-15,23H,8-13H2,1-7H3. The Labute approximate surface area is 143 Å². The molecule has 0 unspecified atom stereocenters. The van der Waals surface area contributed by atoms with Crippen molar-refractivity contribution in [1.82, 2.24) is 9.80 Å². The van der Waals surface area contributed by atoms with E-state index in [-0.39, 0.29) is 5.41 Å². The monoisotopic (exact) mass is 320 g/mol. The van der Waals surface area contributed by atoms with Crippen molar-refractivity contribution in [2.24, 2.45) is 0 Å². The Morgan fingerprint density at radius 1 is 0.826 bits per heavy atom. The highest BCUT2D eigenvalue weighted by atomic mass is 16.3. The van der Waals surface area contributed by atoms with Crippen LogP contribution in [-0.4, -0.2) is 56.2 Å². The summed E-state index contributed by atoms with van der Waals surface area (Å²) in [4.78, 5) is 4.39. The lowest BCUT2D eigenvalue weighted by Gasteiger charge is -2.23. The van der Waals surface area contributed by atoms with Crippen molar-refractivity contribution in [3.05, 3.63) is 28.8 Å². The van der Waals surface area contributed by atoms with Crippen molar-refractivity contribution in [2.45, 2.75) is 51.9 Å². The fourth-order valence-electron chi connectivity index (χ4n) is 2.75. The summed E-state index contributed by atoms with van der Waals surface area (Å²) in [6, 6.07) is 4.42. The maximum Gasteiger partial charge on any atom is 0.121 e. The fraction of sp³-hybridized carbons (Fsp3) is 0.700. The highest BCUT2D eigenvalue weighted by Gasteiger charge is 2.18. The second-order valence-electron chi connectivity index (χ2n) is 8.21. The molecule has 3 heteroatoms. The van der Waals surface area contributed by atoms with Crippen molar-refractivity contribution in [2.75, 3.05) is 41.3 Å².